The van der Waals surface area contributed by atoms with E-state index in [4.69, 9.17) is 0 Å². The highest BCUT2D eigenvalue weighted by Gasteiger charge is 2.44. The predicted octanol–water partition coefficient (Wildman–Crippen LogP) is 5.36. The number of carbonyl (C=O) groups is 2. The van der Waals surface area contributed by atoms with E-state index in [0.717, 1.165) is 65.9 Å². The second-order valence-electron chi connectivity index (χ2n) is 10.6. The molecule has 0 bridgehead atoms. The third-order valence-corrected chi connectivity index (χ3v) is 7.86. The quantitative estimate of drug-likeness (QED) is 0.319. The van der Waals surface area contributed by atoms with Crippen LogP contribution < -0.4 is 10.6 Å². The normalized spacial score (nSPS) is 14.9. The van der Waals surface area contributed by atoms with E-state index in [2.05, 4.69) is 44.8 Å². The number of aromatic nitrogens is 1. The lowest BCUT2D eigenvalue weighted by molar-refractivity contribution is -0.138. The van der Waals surface area contributed by atoms with Gasteiger partial charge in [0.2, 0.25) is 5.91 Å². The van der Waals surface area contributed by atoms with Gasteiger partial charge in [0.25, 0.3) is 0 Å². The predicted molar refractivity (Wildman–Crippen MR) is 160 cm³/mol. The number of likely N-dealkylation sites (N-methyl/N-ethyl adjacent to an activating group) is 1. The second kappa shape index (κ2) is 12.3. The summed E-state index contributed by atoms with van der Waals surface area (Å²) in [6.45, 7) is 5.33. The number of piperidine rings is 1. The lowest BCUT2D eigenvalue weighted by Gasteiger charge is -2.43. The summed E-state index contributed by atoms with van der Waals surface area (Å²) >= 11 is 0. The van der Waals surface area contributed by atoms with Gasteiger partial charge in [-0.15, -0.1) is 0 Å². The van der Waals surface area contributed by atoms with Crippen molar-refractivity contribution in [2.75, 3.05) is 38.5 Å². The molecule has 3 aromatic carbocycles. The lowest BCUT2D eigenvalue weighted by Crippen LogP contribution is -2.52. The van der Waals surface area contributed by atoms with Crippen molar-refractivity contribution in [1.29, 1.82) is 0 Å². The third-order valence-electron chi connectivity index (χ3n) is 7.86. The summed E-state index contributed by atoms with van der Waals surface area (Å²) < 4.78 is 0. The smallest absolute Gasteiger partial charge is 0.319 e. The van der Waals surface area contributed by atoms with Crippen LogP contribution in [0.1, 0.15) is 29.7 Å². The number of carbonyl (C=O) groups excluding carboxylic acids is 2. The summed E-state index contributed by atoms with van der Waals surface area (Å²) in [5, 5.41) is 6.90. The number of rotatable bonds is 8. The van der Waals surface area contributed by atoms with Crippen LogP contribution in [0.25, 0.3) is 10.9 Å². The van der Waals surface area contributed by atoms with Crippen LogP contribution in [0.4, 0.5) is 10.5 Å². The first-order valence-corrected chi connectivity index (χ1v) is 13.9. The van der Waals surface area contributed by atoms with Crippen molar-refractivity contribution in [3.05, 3.63) is 108 Å². The average molecular weight is 536 g/mol. The summed E-state index contributed by atoms with van der Waals surface area (Å²) in [5.41, 5.74) is 4.12. The molecule has 0 saturated carbocycles. The summed E-state index contributed by atoms with van der Waals surface area (Å²) in [7, 11) is 1.91. The molecule has 4 aromatic rings. The van der Waals surface area contributed by atoms with Crippen molar-refractivity contribution in [3.8, 4) is 0 Å². The maximum atomic E-state index is 14.0. The number of nitrogens with one attached hydrogen (secondary N) is 2. The molecule has 1 aliphatic heterocycles. The van der Waals surface area contributed by atoms with Crippen LogP contribution in [0.2, 0.25) is 0 Å². The third kappa shape index (κ3) is 6.15. The van der Waals surface area contributed by atoms with Gasteiger partial charge in [0.15, 0.2) is 0 Å². The topological polar surface area (TPSA) is 77.6 Å². The van der Waals surface area contributed by atoms with E-state index in [1.807, 2.05) is 85.6 Å². The summed E-state index contributed by atoms with van der Waals surface area (Å²) in [5.74, 6) is 0.166. The van der Waals surface area contributed by atoms with Gasteiger partial charge in [0, 0.05) is 37.8 Å². The van der Waals surface area contributed by atoms with E-state index in [-0.39, 0.29) is 11.9 Å². The number of benzene rings is 3. The van der Waals surface area contributed by atoms with Gasteiger partial charge in [0.1, 0.15) is 0 Å². The lowest BCUT2D eigenvalue weighted by atomic mass is 9.71. The largest absolute Gasteiger partial charge is 0.341 e. The molecule has 206 valence electrons. The summed E-state index contributed by atoms with van der Waals surface area (Å²) in [4.78, 5) is 35.4. The Morgan fingerprint density at radius 3 is 2.30 bits per heavy atom. The van der Waals surface area contributed by atoms with Crippen molar-refractivity contribution in [3.63, 3.8) is 0 Å². The molecule has 5 rings (SSSR count). The van der Waals surface area contributed by atoms with Gasteiger partial charge in [-0.05, 0) is 56.1 Å². The molecule has 2 N–H and O–H groups in total. The molecule has 40 heavy (non-hydrogen) atoms. The van der Waals surface area contributed by atoms with E-state index in [1.54, 1.807) is 0 Å². The molecular weight excluding hydrogens is 498 g/mol. The van der Waals surface area contributed by atoms with Crippen LogP contribution in [-0.4, -0.2) is 59.9 Å². The number of nitrogens with zero attached hydrogens (tertiary/aromatic N) is 3. The number of urea groups is 1. The van der Waals surface area contributed by atoms with Gasteiger partial charge in [-0.1, -0.05) is 78.9 Å². The number of hydrogen-bond acceptors (Lipinski definition) is 4. The highest BCUT2D eigenvalue weighted by atomic mass is 16.2. The fraction of sp³-hybridized carbons (Fsp3) is 0.303. The Bertz CT molecular complexity index is 1450. The minimum absolute atomic E-state index is 0.166. The molecule has 7 nitrogen and oxygen atoms in total. The Morgan fingerprint density at radius 1 is 0.925 bits per heavy atom. The molecule has 0 spiro atoms. The monoisotopic (exact) mass is 535 g/mol. The molecule has 1 aliphatic rings. The number of anilines is 1. The van der Waals surface area contributed by atoms with Crippen molar-refractivity contribution in [2.45, 2.75) is 31.7 Å². The zero-order valence-electron chi connectivity index (χ0n) is 23.3. The van der Waals surface area contributed by atoms with Crippen LogP contribution in [0, 0.1) is 6.92 Å². The molecule has 1 fully saturated rings. The van der Waals surface area contributed by atoms with E-state index in [1.165, 1.54) is 0 Å². The number of pyridine rings is 1. The summed E-state index contributed by atoms with van der Waals surface area (Å²) in [6, 6.07) is 29.8. The van der Waals surface area contributed by atoms with Crippen LogP contribution in [0.5, 0.6) is 0 Å². The summed E-state index contributed by atoms with van der Waals surface area (Å²) in [6.07, 6.45) is 1.48. The minimum atomic E-state index is -0.549. The average Bonchev–Trinajstić information content (AvgIpc) is 2.98. The molecular formula is C33H37N5O2. The number of aryl methyl sites for hydroxylation is 1. The van der Waals surface area contributed by atoms with Gasteiger partial charge in [-0.3, -0.25) is 9.78 Å². The zero-order valence-corrected chi connectivity index (χ0v) is 23.3. The van der Waals surface area contributed by atoms with Crippen LogP contribution >= 0.6 is 0 Å². The second-order valence-corrected chi connectivity index (χ2v) is 10.6. The molecule has 1 saturated heterocycles. The molecule has 0 atom stereocenters. The molecule has 0 radical (unpaired) electrons. The van der Waals surface area contributed by atoms with Gasteiger partial charge in [0.05, 0.1) is 16.6 Å². The SMILES string of the molecule is Cc1cc(NC(=O)NCCN2CCC(C(=O)N(C)Cc3ccccc3)(c3ccccc3)CC2)c2ccccc2n1. The van der Waals surface area contributed by atoms with Gasteiger partial charge >= 0.3 is 6.03 Å². The number of para-hydroxylation sites is 1. The first-order chi connectivity index (χ1) is 19.4. The molecule has 0 aliphatic carbocycles. The highest BCUT2D eigenvalue weighted by molar-refractivity contribution is 6.00. The first kappa shape index (κ1) is 27.3. The van der Waals surface area contributed by atoms with Crippen molar-refractivity contribution >= 4 is 28.5 Å². The molecule has 1 aromatic heterocycles. The number of amides is 3. The highest BCUT2D eigenvalue weighted by Crippen LogP contribution is 2.37. The fourth-order valence-corrected chi connectivity index (χ4v) is 5.74. The zero-order chi connectivity index (χ0) is 28.0. The van der Waals surface area contributed by atoms with Crippen molar-refractivity contribution in [2.24, 2.45) is 0 Å². The van der Waals surface area contributed by atoms with E-state index < -0.39 is 5.41 Å². The Morgan fingerprint density at radius 2 is 1.57 bits per heavy atom. The van der Waals surface area contributed by atoms with Crippen LogP contribution in [0.15, 0.2) is 91.0 Å². The standard InChI is InChI=1S/C33H37N5O2/c1-25-23-30(28-15-9-10-16-29(28)35-25)36-32(40)34-19-22-38-20-17-33(18-21-38,27-13-7-4-8-14-27)31(39)37(2)24-26-11-5-3-6-12-26/h3-16,23H,17-22,24H2,1-2H3,(H2,34,35,36,40). The van der Waals surface area contributed by atoms with Crippen LogP contribution in [0.3, 0.4) is 0 Å². The minimum Gasteiger partial charge on any atom is -0.341 e. The van der Waals surface area contributed by atoms with E-state index >= 15 is 0 Å². The first-order valence-electron chi connectivity index (χ1n) is 13.9. The molecule has 7 heteroatoms. The maximum Gasteiger partial charge on any atom is 0.319 e. The number of fused-ring (bicyclic) bond motifs is 1. The van der Waals surface area contributed by atoms with E-state index in [0.29, 0.717) is 13.1 Å². The molecule has 2 heterocycles. The maximum absolute atomic E-state index is 14.0. The Kier molecular flexibility index (Phi) is 8.41. The molecule has 3 amide bonds. The van der Waals surface area contributed by atoms with Gasteiger partial charge in [-0.2, -0.15) is 0 Å². The number of hydrogen-bond donors (Lipinski definition) is 2. The van der Waals surface area contributed by atoms with Crippen molar-refractivity contribution in [1.82, 2.24) is 20.1 Å². The van der Waals surface area contributed by atoms with Crippen LogP contribution in [-0.2, 0) is 16.8 Å². The van der Waals surface area contributed by atoms with Crippen molar-refractivity contribution < 1.29 is 9.59 Å². The van der Waals surface area contributed by atoms with Gasteiger partial charge < -0.3 is 20.4 Å². The Balaban J connectivity index is 1.18. The fourth-order valence-electron chi connectivity index (χ4n) is 5.74. The van der Waals surface area contributed by atoms with E-state index in [9.17, 15) is 9.59 Å². The Hall–Kier alpha value is -4.23. The van der Waals surface area contributed by atoms with Gasteiger partial charge in [-0.25, -0.2) is 4.79 Å². The number of likely N-dealkylation sites (tertiary alicyclic amines) is 1. The molecule has 0 unspecified atom stereocenters. The Labute approximate surface area is 236 Å².